The summed E-state index contributed by atoms with van der Waals surface area (Å²) in [4.78, 5) is 23.3. The summed E-state index contributed by atoms with van der Waals surface area (Å²) in [5, 5.41) is 11.6. The van der Waals surface area contributed by atoms with Crippen molar-refractivity contribution in [3.8, 4) is 6.07 Å². The van der Waals surface area contributed by atoms with Crippen LogP contribution < -0.4 is 10.2 Å². The number of hydrogen-bond donors (Lipinski definition) is 1. The molecule has 3 rings (SSSR count). The van der Waals surface area contributed by atoms with Gasteiger partial charge in [0.15, 0.2) is 0 Å². The molecule has 6 heteroatoms. The van der Waals surface area contributed by atoms with Crippen molar-refractivity contribution in [3.63, 3.8) is 0 Å². The number of carbonyl (C=O) groups excluding carboxylic acids is 1. The van der Waals surface area contributed by atoms with Crippen LogP contribution in [0.15, 0.2) is 66.9 Å². The summed E-state index contributed by atoms with van der Waals surface area (Å²) in [6.07, 6.45) is 1.59. The first-order valence-corrected chi connectivity index (χ1v) is 8.63. The lowest BCUT2D eigenvalue weighted by Crippen LogP contribution is -2.25. The molecule has 0 atom stereocenters. The predicted octanol–water partition coefficient (Wildman–Crippen LogP) is 3.63. The molecule has 0 aliphatic carbocycles. The average Bonchev–Trinajstić information content (AvgIpc) is 2.73. The van der Waals surface area contributed by atoms with Crippen molar-refractivity contribution >= 4 is 17.5 Å². The molecule has 2 aromatic carbocycles. The maximum absolute atomic E-state index is 12.5. The number of amides is 1. The van der Waals surface area contributed by atoms with Gasteiger partial charge in [-0.2, -0.15) is 5.26 Å². The van der Waals surface area contributed by atoms with Crippen LogP contribution in [0.25, 0.3) is 0 Å². The minimum atomic E-state index is -0.320. The van der Waals surface area contributed by atoms with Crippen LogP contribution in [0.1, 0.15) is 28.5 Å². The summed E-state index contributed by atoms with van der Waals surface area (Å²) in [6, 6.07) is 20.4. The van der Waals surface area contributed by atoms with Crippen molar-refractivity contribution in [2.45, 2.75) is 13.5 Å². The summed E-state index contributed by atoms with van der Waals surface area (Å²) >= 11 is 0. The zero-order valence-corrected chi connectivity index (χ0v) is 15.0. The Hall–Kier alpha value is -3.72. The monoisotopic (exact) mass is 357 g/mol. The van der Waals surface area contributed by atoms with E-state index in [-0.39, 0.29) is 11.6 Å². The lowest BCUT2D eigenvalue weighted by molar-refractivity contribution is 0.102. The van der Waals surface area contributed by atoms with Crippen LogP contribution in [-0.2, 0) is 6.54 Å². The molecule has 0 spiro atoms. The van der Waals surface area contributed by atoms with E-state index in [1.165, 1.54) is 0 Å². The normalized spacial score (nSPS) is 10.1. The second-order valence-electron chi connectivity index (χ2n) is 5.88. The van der Waals surface area contributed by atoms with Gasteiger partial charge in [0.2, 0.25) is 5.95 Å². The lowest BCUT2D eigenvalue weighted by Gasteiger charge is -2.21. The van der Waals surface area contributed by atoms with Crippen molar-refractivity contribution in [2.24, 2.45) is 0 Å². The number of rotatable bonds is 6. The number of nitriles is 1. The van der Waals surface area contributed by atoms with Gasteiger partial charge in [-0.25, -0.2) is 9.97 Å². The van der Waals surface area contributed by atoms with Crippen LogP contribution in [0.3, 0.4) is 0 Å². The van der Waals surface area contributed by atoms with Gasteiger partial charge in [-0.05, 0) is 42.8 Å². The van der Waals surface area contributed by atoms with Gasteiger partial charge in [-0.1, -0.05) is 30.3 Å². The smallest absolute Gasteiger partial charge is 0.274 e. The topological polar surface area (TPSA) is 81.9 Å². The minimum Gasteiger partial charge on any atom is -0.337 e. The van der Waals surface area contributed by atoms with Gasteiger partial charge in [0, 0.05) is 25.0 Å². The molecule has 1 N–H and O–H groups in total. The molecule has 6 nitrogen and oxygen atoms in total. The molecule has 0 unspecified atom stereocenters. The number of carbonyl (C=O) groups is 1. The fraction of sp³-hybridized carbons (Fsp3) is 0.143. The summed E-state index contributed by atoms with van der Waals surface area (Å²) in [5.41, 5.74) is 2.58. The maximum atomic E-state index is 12.5. The van der Waals surface area contributed by atoms with Crippen LogP contribution >= 0.6 is 0 Å². The molecule has 1 amide bonds. The number of nitrogens with zero attached hydrogens (tertiary/aromatic N) is 4. The highest BCUT2D eigenvalue weighted by Gasteiger charge is 2.13. The Morgan fingerprint density at radius 1 is 1.11 bits per heavy atom. The van der Waals surface area contributed by atoms with E-state index in [4.69, 9.17) is 5.26 Å². The maximum Gasteiger partial charge on any atom is 0.274 e. The summed E-state index contributed by atoms with van der Waals surface area (Å²) in [6.45, 7) is 3.41. The van der Waals surface area contributed by atoms with Crippen molar-refractivity contribution in [1.29, 1.82) is 5.26 Å². The molecular formula is C21H19N5O. The molecule has 0 saturated carbocycles. The molecule has 0 radical (unpaired) electrons. The van der Waals surface area contributed by atoms with Gasteiger partial charge in [-0.15, -0.1) is 0 Å². The first kappa shape index (κ1) is 18.1. The van der Waals surface area contributed by atoms with E-state index in [0.29, 0.717) is 23.7 Å². The van der Waals surface area contributed by atoms with E-state index in [9.17, 15) is 4.79 Å². The molecule has 1 aromatic heterocycles. The summed E-state index contributed by atoms with van der Waals surface area (Å²) < 4.78 is 0. The quantitative estimate of drug-likeness (QED) is 0.728. The third-order valence-corrected chi connectivity index (χ3v) is 4.03. The van der Waals surface area contributed by atoms with Crippen LogP contribution in [0.4, 0.5) is 11.6 Å². The third-order valence-electron chi connectivity index (χ3n) is 4.03. The van der Waals surface area contributed by atoms with Gasteiger partial charge in [-0.3, -0.25) is 4.79 Å². The second kappa shape index (κ2) is 8.59. The Morgan fingerprint density at radius 3 is 2.52 bits per heavy atom. The first-order valence-electron chi connectivity index (χ1n) is 8.63. The fourth-order valence-corrected chi connectivity index (χ4v) is 2.58. The lowest BCUT2D eigenvalue weighted by atomic mass is 10.2. The Kier molecular flexibility index (Phi) is 5.75. The molecule has 0 bridgehead atoms. The highest BCUT2D eigenvalue weighted by atomic mass is 16.1. The van der Waals surface area contributed by atoms with Crippen molar-refractivity contribution in [2.75, 3.05) is 16.8 Å². The van der Waals surface area contributed by atoms with E-state index in [2.05, 4.69) is 15.3 Å². The van der Waals surface area contributed by atoms with E-state index < -0.39 is 0 Å². The van der Waals surface area contributed by atoms with Gasteiger partial charge in [0.25, 0.3) is 5.91 Å². The Labute approximate surface area is 158 Å². The average molecular weight is 357 g/mol. The van der Waals surface area contributed by atoms with Gasteiger partial charge in [0.1, 0.15) is 5.69 Å². The zero-order chi connectivity index (χ0) is 19.1. The first-order chi connectivity index (χ1) is 13.2. The Balaban J connectivity index is 1.75. The molecule has 0 aliphatic heterocycles. The van der Waals surface area contributed by atoms with Crippen LogP contribution in [0.5, 0.6) is 0 Å². The van der Waals surface area contributed by atoms with Crippen molar-refractivity contribution in [1.82, 2.24) is 9.97 Å². The predicted molar refractivity (Wildman–Crippen MR) is 104 cm³/mol. The third kappa shape index (κ3) is 4.67. The van der Waals surface area contributed by atoms with Crippen LogP contribution in [0.2, 0.25) is 0 Å². The number of benzene rings is 2. The molecule has 3 aromatic rings. The standard InChI is InChI=1S/C21H19N5O/c1-2-26(15-17-6-4-3-5-7-17)21-23-13-12-19(25-21)20(27)24-18-10-8-16(14-22)9-11-18/h3-13H,2,15H2,1H3,(H,24,27). The SMILES string of the molecule is CCN(Cc1ccccc1)c1nccc(C(=O)Nc2ccc(C#N)cc2)n1. The zero-order valence-electron chi connectivity index (χ0n) is 15.0. The van der Waals surface area contributed by atoms with Gasteiger partial charge < -0.3 is 10.2 Å². The molecule has 0 saturated heterocycles. The highest BCUT2D eigenvalue weighted by molar-refractivity contribution is 6.03. The number of aromatic nitrogens is 2. The minimum absolute atomic E-state index is 0.288. The Morgan fingerprint density at radius 2 is 1.85 bits per heavy atom. The fourth-order valence-electron chi connectivity index (χ4n) is 2.58. The molecule has 0 aliphatic rings. The second-order valence-corrected chi connectivity index (χ2v) is 5.88. The van der Waals surface area contributed by atoms with Crippen molar-refractivity contribution < 1.29 is 4.79 Å². The summed E-state index contributed by atoms with van der Waals surface area (Å²) in [5.74, 6) is 0.188. The van der Waals surface area contributed by atoms with Crippen LogP contribution in [0, 0.1) is 11.3 Å². The molecule has 1 heterocycles. The van der Waals surface area contributed by atoms with Crippen LogP contribution in [-0.4, -0.2) is 22.4 Å². The molecular weight excluding hydrogens is 338 g/mol. The van der Waals surface area contributed by atoms with E-state index >= 15 is 0 Å². The molecule has 0 fully saturated rings. The number of anilines is 2. The van der Waals surface area contributed by atoms with Crippen molar-refractivity contribution in [3.05, 3.63) is 83.7 Å². The van der Waals surface area contributed by atoms with Gasteiger partial charge >= 0.3 is 0 Å². The summed E-state index contributed by atoms with van der Waals surface area (Å²) in [7, 11) is 0. The van der Waals surface area contributed by atoms with Gasteiger partial charge in [0.05, 0.1) is 11.6 Å². The number of nitrogens with one attached hydrogen (secondary N) is 1. The number of hydrogen-bond acceptors (Lipinski definition) is 5. The molecule has 27 heavy (non-hydrogen) atoms. The Bertz CT molecular complexity index is 948. The van der Waals surface area contributed by atoms with E-state index in [1.54, 1.807) is 36.5 Å². The molecule has 134 valence electrons. The van der Waals surface area contributed by atoms with E-state index in [0.717, 1.165) is 12.1 Å². The highest BCUT2D eigenvalue weighted by Crippen LogP contribution is 2.14. The largest absolute Gasteiger partial charge is 0.337 e. The van der Waals surface area contributed by atoms with E-state index in [1.807, 2.05) is 48.2 Å².